The number of hydrogen-bond acceptors (Lipinski definition) is 8. The molecule has 256 valence electrons. The van der Waals surface area contributed by atoms with Crippen LogP contribution in [0.15, 0.2) is 76.9 Å². The van der Waals surface area contributed by atoms with Gasteiger partial charge >= 0.3 is 6.18 Å². The van der Waals surface area contributed by atoms with E-state index in [2.05, 4.69) is 46.8 Å². The number of nitrogens with zero attached hydrogens (tertiary/aromatic N) is 6. The van der Waals surface area contributed by atoms with E-state index in [1.54, 1.807) is 16.9 Å². The molecule has 0 saturated carbocycles. The standard InChI is InChI=1S/C35H48F3N7OS/c1-7-15-29(45-23-21-31(42-45)46-26-34(2,3)35(36,37)38)33(40-4)28-18-12-11-17-27(28)16-10-8-9-13-22-44(25-24-43(5)6)30-19-14-20-32(41-30)47-39/h7,11-12,14-15,17-21,23H,4,8-10,13,16,22,24-26,39H2,1-3,5-6H3/b15-7-,33-29+. The molecule has 8 nitrogen and oxygen atoms in total. The van der Waals surface area contributed by atoms with Crippen molar-refractivity contribution in [3.05, 3.63) is 78.0 Å². The van der Waals surface area contributed by atoms with E-state index in [4.69, 9.17) is 14.9 Å². The van der Waals surface area contributed by atoms with E-state index in [9.17, 15) is 13.2 Å². The first-order chi connectivity index (χ1) is 22.4. The molecular formula is C35H48F3N7OS. The van der Waals surface area contributed by atoms with Crippen molar-refractivity contribution in [2.45, 2.75) is 64.1 Å². The second-order valence-corrected chi connectivity index (χ2v) is 12.9. The number of anilines is 1. The van der Waals surface area contributed by atoms with Gasteiger partial charge in [-0.25, -0.2) is 9.67 Å². The Bertz CT molecular complexity index is 1480. The molecule has 2 aromatic heterocycles. The highest BCUT2D eigenvalue weighted by molar-refractivity contribution is 7.97. The number of alkyl halides is 3. The largest absolute Gasteiger partial charge is 0.476 e. The van der Waals surface area contributed by atoms with Crippen molar-refractivity contribution < 1.29 is 17.9 Å². The normalized spacial score (nSPS) is 12.9. The van der Waals surface area contributed by atoms with E-state index in [-0.39, 0.29) is 5.88 Å². The highest BCUT2D eigenvalue weighted by Gasteiger charge is 2.48. The van der Waals surface area contributed by atoms with Crippen molar-refractivity contribution in [3.63, 3.8) is 0 Å². The molecule has 0 fully saturated rings. The molecule has 1 aromatic carbocycles. The first-order valence-electron chi connectivity index (χ1n) is 15.8. The number of allylic oxidation sites excluding steroid dienone is 3. The van der Waals surface area contributed by atoms with E-state index >= 15 is 0 Å². The van der Waals surface area contributed by atoms with E-state index in [0.29, 0.717) is 11.4 Å². The molecule has 12 heteroatoms. The number of hydrogen-bond donors (Lipinski definition) is 1. The molecule has 0 radical (unpaired) electrons. The van der Waals surface area contributed by atoms with Gasteiger partial charge in [0.05, 0.1) is 16.8 Å². The third kappa shape index (κ3) is 11.3. The van der Waals surface area contributed by atoms with E-state index in [0.717, 1.165) is 99.5 Å². The van der Waals surface area contributed by atoms with Crippen molar-refractivity contribution in [2.75, 3.05) is 45.2 Å². The fourth-order valence-corrected chi connectivity index (χ4v) is 5.13. The zero-order valence-electron chi connectivity index (χ0n) is 28.1. The van der Waals surface area contributed by atoms with Crippen molar-refractivity contribution in [1.29, 1.82) is 0 Å². The highest BCUT2D eigenvalue weighted by Crippen LogP contribution is 2.38. The van der Waals surface area contributed by atoms with Crippen molar-refractivity contribution in [2.24, 2.45) is 15.5 Å². The van der Waals surface area contributed by atoms with Gasteiger partial charge in [0, 0.05) is 37.5 Å². The maximum atomic E-state index is 13.3. The quantitative estimate of drug-likeness (QED) is 0.0599. The number of aryl methyl sites for hydroxylation is 1. The summed E-state index contributed by atoms with van der Waals surface area (Å²) < 4.78 is 47.0. The number of rotatable bonds is 19. The minimum absolute atomic E-state index is 0.100. The maximum Gasteiger partial charge on any atom is 0.397 e. The van der Waals surface area contributed by atoms with Gasteiger partial charge in [-0.15, -0.1) is 5.10 Å². The minimum atomic E-state index is -4.39. The molecule has 0 saturated heterocycles. The number of aromatic nitrogens is 3. The van der Waals surface area contributed by atoms with Crippen LogP contribution >= 0.6 is 11.9 Å². The zero-order chi connectivity index (χ0) is 34.5. The topological polar surface area (TPSA) is 84.8 Å². The molecule has 0 aliphatic carbocycles. The first kappa shape index (κ1) is 37.8. The number of likely N-dealkylation sites (N-methyl/N-ethyl adjacent to an activating group) is 1. The van der Waals surface area contributed by atoms with Gasteiger partial charge in [0.15, 0.2) is 0 Å². The minimum Gasteiger partial charge on any atom is -0.476 e. The lowest BCUT2D eigenvalue weighted by atomic mass is 9.94. The average molecular weight is 672 g/mol. The zero-order valence-corrected chi connectivity index (χ0v) is 28.9. The number of benzene rings is 1. The van der Waals surface area contributed by atoms with Gasteiger partial charge in [-0.1, -0.05) is 49.2 Å². The van der Waals surface area contributed by atoms with Crippen LogP contribution in [0.3, 0.4) is 0 Å². The number of pyridine rings is 1. The van der Waals surface area contributed by atoms with Crippen LogP contribution in [-0.4, -0.2) is 72.9 Å². The van der Waals surface area contributed by atoms with Gasteiger partial charge in [-0.05, 0) is 96.6 Å². The Morgan fingerprint density at radius 3 is 2.45 bits per heavy atom. The van der Waals surface area contributed by atoms with Gasteiger partial charge in [0.2, 0.25) is 5.88 Å². The molecular weight excluding hydrogens is 623 g/mol. The van der Waals surface area contributed by atoms with Crippen LogP contribution in [0.25, 0.3) is 11.4 Å². The Labute approximate surface area is 281 Å². The van der Waals surface area contributed by atoms with Crippen LogP contribution in [0.5, 0.6) is 5.88 Å². The van der Waals surface area contributed by atoms with Gasteiger partial charge in [-0.3, -0.25) is 10.1 Å². The molecule has 0 aliphatic heterocycles. The summed E-state index contributed by atoms with van der Waals surface area (Å²) in [7, 11) is 4.15. The van der Waals surface area contributed by atoms with Crippen molar-refractivity contribution >= 4 is 35.9 Å². The van der Waals surface area contributed by atoms with E-state index in [1.165, 1.54) is 0 Å². The molecule has 3 rings (SSSR count). The van der Waals surface area contributed by atoms with Crippen LogP contribution in [0.4, 0.5) is 19.0 Å². The van der Waals surface area contributed by atoms with Crippen LogP contribution in [-0.2, 0) is 6.42 Å². The molecule has 0 atom stereocenters. The Morgan fingerprint density at radius 1 is 1.02 bits per heavy atom. The maximum absolute atomic E-state index is 13.3. The molecule has 0 amide bonds. The van der Waals surface area contributed by atoms with E-state index in [1.807, 2.05) is 55.5 Å². The van der Waals surface area contributed by atoms with Crippen LogP contribution in [0, 0.1) is 5.41 Å². The lowest BCUT2D eigenvalue weighted by molar-refractivity contribution is -0.219. The fourth-order valence-electron chi connectivity index (χ4n) is 4.83. The van der Waals surface area contributed by atoms with Crippen molar-refractivity contribution in [1.82, 2.24) is 19.7 Å². The van der Waals surface area contributed by atoms with E-state index < -0.39 is 18.2 Å². The third-order valence-electron chi connectivity index (χ3n) is 7.75. The molecule has 0 bridgehead atoms. The Kier molecular flexibility index (Phi) is 14.6. The fraction of sp³-hybridized carbons (Fsp3) is 0.457. The number of halogens is 3. The smallest absolute Gasteiger partial charge is 0.397 e. The Hall–Kier alpha value is -3.61. The summed E-state index contributed by atoms with van der Waals surface area (Å²) >= 11 is 1.16. The predicted molar refractivity (Wildman–Crippen MR) is 189 cm³/mol. The number of unbranched alkanes of at least 4 members (excludes halogenated alkanes) is 3. The summed E-state index contributed by atoms with van der Waals surface area (Å²) in [5.41, 5.74) is 1.34. The molecule has 47 heavy (non-hydrogen) atoms. The highest BCUT2D eigenvalue weighted by atomic mass is 32.2. The molecule has 2 heterocycles. The number of aliphatic imine (C=N–C) groups is 1. The molecule has 0 unspecified atom stereocenters. The average Bonchev–Trinajstić information content (AvgIpc) is 3.52. The SMILES string of the molecule is C=N/C(=C(\C=C/C)n1ccc(OCC(C)(C)C(F)(F)F)n1)c1ccccc1CCCCCCN(CCN(C)C)c1cccc(SN)n1. The summed E-state index contributed by atoms with van der Waals surface area (Å²) in [5.74, 6) is 1.05. The van der Waals surface area contributed by atoms with Crippen LogP contribution in [0.2, 0.25) is 0 Å². The monoisotopic (exact) mass is 671 g/mol. The summed E-state index contributed by atoms with van der Waals surface area (Å²) in [6.45, 7) is 10.1. The summed E-state index contributed by atoms with van der Waals surface area (Å²) in [4.78, 5) is 13.6. The summed E-state index contributed by atoms with van der Waals surface area (Å²) in [6.07, 6.45) is 6.04. The number of nitrogens with two attached hydrogens (primary N) is 1. The summed E-state index contributed by atoms with van der Waals surface area (Å²) in [6, 6.07) is 15.6. The first-order valence-corrected chi connectivity index (χ1v) is 16.7. The van der Waals surface area contributed by atoms with Gasteiger partial charge in [0.1, 0.15) is 17.5 Å². The Morgan fingerprint density at radius 2 is 1.77 bits per heavy atom. The molecule has 2 N–H and O–H groups in total. The lowest BCUT2D eigenvalue weighted by Crippen LogP contribution is -2.37. The van der Waals surface area contributed by atoms with Gasteiger partial charge in [0.25, 0.3) is 0 Å². The lowest BCUT2D eigenvalue weighted by Gasteiger charge is -2.26. The van der Waals surface area contributed by atoms with Crippen LogP contribution < -0.4 is 14.8 Å². The number of ether oxygens (including phenoxy) is 1. The molecule has 0 spiro atoms. The predicted octanol–water partition coefficient (Wildman–Crippen LogP) is 7.98. The molecule has 3 aromatic rings. The van der Waals surface area contributed by atoms with Crippen molar-refractivity contribution in [3.8, 4) is 5.88 Å². The van der Waals surface area contributed by atoms with Crippen LogP contribution in [0.1, 0.15) is 57.6 Å². The third-order valence-corrected chi connectivity index (χ3v) is 8.22. The van der Waals surface area contributed by atoms with Gasteiger partial charge in [-0.2, -0.15) is 13.2 Å². The second-order valence-electron chi connectivity index (χ2n) is 12.2. The second kappa shape index (κ2) is 18.1. The molecule has 0 aliphatic rings. The van der Waals surface area contributed by atoms with Gasteiger partial charge < -0.3 is 14.5 Å². The Balaban J connectivity index is 1.68. The summed E-state index contributed by atoms with van der Waals surface area (Å²) in [5, 5.41) is 11.0.